The van der Waals surface area contributed by atoms with Gasteiger partial charge in [0.25, 0.3) is 0 Å². The van der Waals surface area contributed by atoms with Crippen LogP contribution in [0.4, 0.5) is 0 Å². The third-order valence-corrected chi connectivity index (χ3v) is 7.28. The third kappa shape index (κ3) is 3.01. The Bertz CT molecular complexity index is 1140. The molecule has 1 aliphatic carbocycles. The molecule has 0 fully saturated rings. The summed E-state index contributed by atoms with van der Waals surface area (Å²) in [5.41, 5.74) is 8.32. The molecule has 0 bridgehead atoms. The predicted molar refractivity (Wildman–Crippen MR) is 116 cm³/mol. The second-order valence-electron chi connectivity index (χ2n) is 7.82. The maximum atomic E-state index is 10.2. The summed E-state index contributed by atoms with van der Waals surface area (Å²) in [4.78, 5) is 3.30. The molecule has 1 aromatic heterocycles. The second kappa shape index (κ2) is 7.81. The summed E-state index contributed by atoms with van der Waals surface area (Å²) in [6.45, 7) is 4.12. The van der Waals surface area contributed by atoms with Crippen LogP contribution in [-0.4, -0.2) is 18.0 Å². The Labute approximate surface area is 180 Å². The Kier molecular flexibility index (Phi) is 5.18. The van der Waals surface area contributed by atoms with Gasteiger partial charge in [-0.25, -0.2) is 0 Å². The van der Waals surface area contributed by atoms with Crippen molar-refractivity contribution in [2.75, 3.05) is 13.1 Å². The summed E-state index contributed by atoms with van der Waals surface area (Å²) in [7, 11) is 0. The van der Waals surface area contributed by atoms with Gasteiger partial charge in [0, 0.05) is 36.3 Å². The molecule has 5 nitrogen and oxygen atoms in total. The van der Waals surface area contributed by atoms with Crippen LogP contribution in [0.2, 0.25) is 0 Å². The molecular formula is C24H21N5S. The number of fused-ring (bicyclic) bond motifs is 1. The lowest BCUT2D eigenvalue weighted by atomic mass is 9.59. The van der Waals surface area contributed by atoms with Gasteiger partial charge in [0.05, 0.1) is 23.4 Å². The molecule has 2 aromatic rings. The number of rotatable bonds is 3. The molecule has 0 spiro atoms. The zero-order valence-corrected chi connectivity index (χ0v) is 17.5. The number of hydrogen-bond acceptors (Lipinski definition) is 6. The largest absolute Gasteiger partial charge is 0.399 e. The average Bonchev–Trinajstić information content (AvgIpc) is 3.19. The molecule has 1 aromatic carbocycles. The van der Waals surface area contributed by atoms with Gasteiger partial charge in [0.1, 0.15) is 6.07 Å². The highest BCUT2D eigenvalue weighted by Crippen LogP contribution is 2.55. The topological polar surface area (TPSA) is 101 Å². The molecule has 30 heavy (non-hydrogen) atoms. The number of aryl methyl sites for hydroxylation is 1. The van der Waals surface area contributed by atoms with Crippen LogP contribution in [0.25, 0.3) is 0 Å². The summed E-state index contributed by atoms with van der Waals surface area (Å²) < 4.78 is 0. The molecule has 2 N–H and O–H groups in total. The quantitative estimate of drug-likeness (QED) is 0.823. The van der Waals surface area contributed by atoms with Crippen LogP contribution in [-0.2, 0) is 6.54 Å². The molecule has 1 aliphatic heterocycles. The summed E-state index contributed by atoms with van der Waals surface area (Å²) in [5.74, 6) is -0.560. The van der Waals surface area contributed by atoms with Gasteiger partial charge >= 0.3 is 0 Å². The van der Waals surface area contributed by atoms with E-state index in [1.807, 2.05) is 36.6 Å². The molecular weight excluding hydrogens is 390 g/mol. The summed E-state index contributed by atoms with van der Waals surface area (Å²) in [6, 6.07) is 18.8. The van der Waals surface area contributed by atoms with E-state index in [1.165, 1.54) is 5.56 Å². The van der Waals surface area contributed by atoms with E-state index in [0.717, 1.165) is 22.6 Å². The molecule has 0 saturated carbocycles. The normalized spacial score (nSPS) is 22.9. The third-order valence-electron chi connectivity index (χ3n) is 6.17. The van der Waals surface area contributed by atoms with Crippen LogP contribution in [0, 0.1) is 52.2 Å². The smallest absolute Gasteiger partial charge is 0.192 e. The molecule has 0 radical (unpaired) electrons. The number of benzene rings is 1. The van der Waals surface area contributed by atoms with E-state index in [0.29, 0.717) is 18.7 Å². The Hall–Kier alpha value is -3.37. The first-order valence-corrected chi connectivity index (χ1v) is 10.7. The van der Waals surface area contributed by atoms with Crippen LogP contribution in [0.5, 0.6) is 0 Å². The van der Waals surface area contributed by atoms with Crippen molar-refractivity contribution >= 4 is 11.3 Å². The van der Waals surface area contributed by atoms with E-state index in [1.54, 1.807) is 11.3 Å². The van der Waals surface area contributed by atoms with Gasteiger partial charge in [-0.05, 0) is 35.1 Å². The number of nitriles is 3. The fourth-order valence-corrected chi connectivity index (χ4v) is 5.85. The Morgan fingerprint density at radius 1 is 1.17 bits per heavy atom. The summed E-state index contributed by atoms with van der Waals surface area (Å²) in [5, 5.41) is 32.1. The molecule has 0 saturated heterocycles. The van der Waals surface area contributed by atoms with Crippen LogP contribution in [0.3, 0.4) is 0 Å². The summed E-state index contributed by atoms with van der Waals surface area (Å²) in [6.07, 6.45) is 2.05. The van der Waals surface area contributed by atoms with E-state index in [4.69, 9.17) is 5.73 Å². The molecule has 2 aliphatic rings. The molecule has 0 unspecified atom stereocenters. The molecule has 2 heterocycles. The van der Waals surface area contributed by atoms with Gasteiger partial charge in [-0.3, -0.25) is 4.90 Å². The van der Waals surface area contributed by atoms with Gasteiger partial charge in [-0.1, -0.05) is 36.4 Å². The van der Waals surface area contributed by atoms with Crippen molar-refractivity contribution in [3.05, 3.63) is 80.7 Å². The fraction of sp³-hybridized carbons (Fsp3) is 0.292. The van der Waals surface area contributed by atoms with Crippen LogP contribution < -0.4 is 5.73 Å². The maximum absolute atomic E-state index is 10.2. The molecule has 4 rings (SSSR count). The average molecular weight is 412 g/mol. The number of allylic oxidation sites excluding steroid dienone is 2. The van der Waals surface area contributed by atoms with Gasteiger partial charge < -0.3 is 5.73 Å². The molecule has 0 amide bonds. The molecule has 148 valence electrons. The van der Waals surface area contributed by atoms with Gasteiger partial charge in [-0.15, -0.1) is 11.3 Å². The minimum Gasteiger partial charge on any atom is -0.399 e. The van der Waals surface area contributed by atoms with Crippen molar-refractivity contribution in [3.63, 3.8) is 0 Å². The van der Waals surface area contributed by atoms with Gasteiger partial charge in [-0.2, -0.15) is 15.8 Å². The zero-order chi connectivity index (χ0) is 21.3. The van der Waals surface area contributed by atoms with Crippen LogP contribution in [0.15, 0.2) is 64.7 Å². The highest BCUT2D eigenvalue weighted by Gasteiger charge is 2.55. The highest BCUT2D eigenvalue weighted by molar-refractivity contribution is 7.10. The van der Waals surface area contributed by atoms with Crippen molar-refractivity contribution in [1.29, 1.82) is 15.8 Å². The first kappa shape index (κ1) is 19.9. The maximum Gasteiger partial charge on any atom is 0.192 e. The van der Waals surface area contributed by atoms with Crippen LogP contribution >= 0.6 is 11.3 Å². The molecule has 6 heteroatoms. The number of nitrogens with two attached hydrogens (primary N) is 1. The number of hydrogen-bond donors (Lipinski definition) is 1. The lowest BCUT2D eigenvalue weighted by molar-refractivity contribution is 0.202. The van der Waals surface area contributed by atoms with Gasteiger partial charge in [0.2, 0.25) is 0 Å². The van der Waals surface area contributed by atoms with Crippen molar-refractivity contribution in [2.24, 2.45) is 17.1 Å². The first-order valence-electron chi connectivity index (χ1n) is 9.79. The minimum atomic E-state index is -1.56. The Balaban J connectivity index is 1.85. The second-order valence-corrected chi connectivity index (χ2v) is 8.77. The molecule has 2 atom stereocenters. The highest BCUT2D eigenvalue weighted by atomic mass is 32.1. The van der Waals surface area contributed by atoms with Crippen molar-refractivity contribution in [2.45, 2.75) is 19.4 Å². The van der Waals surface area contributed by atoms with E-state index in [9.17, 15) is 15.8 Å². The van der Waals surface area contributed by atoms with E-state index in [2.05, 4.69) is 41.3 Å². The van der Waals surface area contributed by atoms with E-state index in [-0.39, 0.29) is 11.6 Å². The Morgan fingerprint density at radius 2 is 1.90 bits per heavy atom. The lowest BCUT2D eigenvalue weighted by Crippen LogP contribution is -2.47. The standard InChI is InChI=1S/C24H21N5S/c1-16-8-10-30-22(16)21-20-13-29(12-17-5-3-2-4-6-17)9-7-18(20)19(11-25)23(28)24(21,14-26)15-27/h2-8,10,20-21H,9,12-13,28H2,1H3/t20-,21+/m0/s1. The number of thiophene rings is 1. The SMILES string of the molecule is Cc1ccsc1[C@H]1[C@H]2CN(Cc3ccccc3)CC=C2C(C#N)=C(N)C1(C#N)C#N. The van der Waals surface area contributed by atoms with Gasteiger partial charge in [0.15, 0.2) is 5.41 Å². The van der Waals surface area contributed by atoms with Crippen molar-refractivity contribution in [1.82, 2.24) is 4.90 Å². The Morgan fingerprint density at radius 3 is 2.50 bits per heavy atom. The van der Waals surface area contributed by atoms with E-state index >= 15 is 0 Å². The first-order chi connectivity index (χ1) is 14.6. The zero-order valence-electron chi connectivity index (χ0n) is 16.7. The van der Waals surface area contributed by atoms with Crippen LogP contribution in [0.1, 0.15) is 21.9 Å². The van der Waals surface area contributed by atoms with E-state index < -0.39 is 11.3 Å². The summed E-state index contributed by atoms with van der Waals surface area (Å²) >= 11 is 1.55. The number of nitrogens with zero attached hydrogens (tertiary/aromatic N) is 4. The predicted octanol–water partition coefficient (Wildman–Crippen LogP) is 3.98. The monoisotopic (exact) mass is 411 g/mol. The lowest BCUT2D eigenvalue weighted by Gasteiger charge is -2.45. The minimum absolute atomic E-state index is 0.0896. The van der Waals surface area contributed by atoms with Crippen molar-refractivity contribution in [3.8, 4) is 18.2 Å². The van der Waals surface area contributed by atoms with Crippen molar-refractivity contribution < 1.29 is 0 Å². The fourth-order valence-electron chi connectivity index (χ4n) is 4.69.